The van der Waals surface area contributed by atoms with Crippen molar-refractivity contribution in [3.8, 4) is 0 Å². The third-order valence-corrected chi connectivity index (χ3v) is 3.30. The smallest absolute Gasteiger partial charge is 0.149 e. The van der Waals surface area contributed by atoms with Crippen LogP contribution in [0.5, 0.6) is 0 Å². The summed E-state index contributed by atoms with van der Waals surface area (Å²) in [6, 6.07) is 5.67. The van der Waals surface area contributed by atoms with Crippen molar-refractivity contribution >= 4 is 38.1 Å². The molecule has 0 aromatic carbocycles. The Hall–Kier alpha value is -1.14. The molecular weight excluding hydrogens is 276 g/mol. The number of hydrogen-bond acceptors (Lipinski definition) is 5. The molecule has 3 N–H and O–H groups in total. The highest BCUT2D eigenvalue weighted by Crippen LogP contribution is 2.26. The van der Waals surface area contributed by atoms with E-state index in [0.717, 1.165) is 8.79 Å². The lowest BCUT2D eigenvalue weighted by Gasteiger charge is -2.02. The third kappa shape index (κ3) is 2.90. The summed E-state index contributed by atoms with van der Waals surface area (Å²) < 4.78 is 1.10. The summed E-state index contributed by atoms with van der Waals surface area (Å²) in [7, 11) is 0. The summed E-state index contributed by atoms with van der Waals surface area (Å²) >= 11 is 5.03. The van der Waals surface area contributed by atoms with Crippen molar-refractivity contribution < 1.29 is 0 Å². The fraction of sp³-hybridized carbons (Fsp3) is 0.111. The molecule has 78 valence electrons. The van der Waals surface area contributed by atoms with Crippen LogP contribution in [0.25, 0.3) is 0 Å². The van der Waals surface area contributed by atoms with Gasteiger partial charge in [0, 0.05) is 6.20 Å². The van der Waals surface area contributed by atoms with Gasteiger partial charge in [-0.2, -0.15) is 0 Å². The zero-order valence-corrected chi connectivity index (χ0v) is 10.2. The SMILES string of the molecule is Nc1ccnc(CNc2ccc(Br)s2)n1. The van der Waals surface area contributed by atoms with Gasteiger partial charge >= 0.3 is 0 Å². The summed E-state index contributed by atoms with van der Waals surface area (Å²) in [5.41, 5.74) is 5.55. The van der Waals surface area contributed by atoms with E-state index < -0.39 is 0 Å². The number of hydrogen-bond donors (Lipinski definition) is 2. The first-order chi connectivity index (χ1) is 7.24. The van der Waals surface area contributed by atoms with Crippen LogP contribution in [0, 0.1) is 0 Å². The van der Waals surface area contributed by atoms with E-state index in [-0.39, 0.29) is 0 Å². The molecular formula is C9H9BrN4S. The topological polar surface area (TPSA) is 63.8 Å². The van der Waals surface area contributed by atoms with Crippen LogP contribution in [0.3, 0.4) is 0 Å². The molecule has 0 bridgehead atoms. The standard InChI is InChI=1S/C9H9BrN4S/c10-6-1-2-9(15-6)13-5-8-12-4-3-7(11)14-8/h1-4,13H,5H2,(H2,11,12,14). The zero-order valence-electron chi connectivity index (χ0n) is 7.77. The first kappa shape index (κ1) is 10.4. The van der Waals surface area contributed by atoms with Crippen LogP contribution in [-0.2, 0) is 6.54 Å². The van der Waals surface area contributed by atoms with Crippen LogP contribution >= 0.6 is 27.3 Å². The van der Waals surface area contributed by atoms with Gasteiger partial charge in [-0.05, 0) is 34.1 Å². The molecule has 0 spiro atoms. The van der Waals surface area contributed by atoms with Gasteiger partial charge in [-0.25, -0.2) is 9.97 Å². The molecule has 0 atom stereocenters. The maximum Gasteiger partial charge on any atom is 0.149 e. The first-order valence-electron chi connectivity index (χ1n) is 4.30. The monoisotopic (exact) mass is 284 g/mol. The summed E-state index contributed by atoms with van der Waals surface area (Å²) in [6.07, 6.45) is 1.66. The Morgan fingerprint density at radius 1 is 1.40 bits per heavy atom. The number of rotatable bonds is 3. The molecule has 0 aliphatic rings. The van der Waals surface area contributed by atoms with E-state index >= 15 is 0 Å². The van der Waals surface area contributed by atoms with Gasteiger partial charge in [0.05, 0.1) is 15.3 Å². The van der Waals surface area contributed by atoms with Crippen LogP contribution in [0.2, 0.25) is 0 Å². The van der Waals surface area contributed by atoms with E-state index in [1.54, 1.807) is 23.6 Å². The molecule has 2 heterocycles. The van der Waals surface area contributed by atoms with Crippen molar-refractivity contribution in [1.82, 2.24) is 9.97 Å². The second-order valence-electron chi connectivity index (χ2n) is 2.86. The Kier molecular flexibility index (Phi) is 3.17. The molecule has 0 aliphatic carbocycles. The molecule has 2 aromatic rings. The van der Waals surface area contributed by atoms with Crippen LogP contribution in [-0.4, -0.2) is 9.97 Å². The van der Waals surface area contributed by atoms with Crippen molar-refractivity contribution in [3.63, 3.8) is 0 Å². The van der Waals surface area contributed by atoms with E-state index in [1.165, 1.54) is 0 Å². The quantitative estimate of drug-likeness (QED) is 0.909. The largest absolute Gasteiger partial charge is 0.384 e. The van der Waals surface area contributed by atoms with Crippen molar-refractivity contribution in [2.75, 3.05) is 11.1 Å². The van der Waals surface area contributed by atoms with E-state index in [1.807, 2.05) is 12.1 Å². The van der Waals surface area contributed by atoms with Gasteiger partial charge in [-0.3, -0.25) is 0 Å². The van der Waals surface area contributed by atoms with E-state index in [4.69, 9.17) is 5.73 Å². The van der Waals surface area contributed by atoms with Crippen LogP contribution in [0.4, 0.5) is 10.8 Å². The predicted octanol–water partition coefficient (Wildman–Crippen LogP) is 2.49. The summed E-state index contributed by atoms with van der Waals surface area (Å²) in [6.45, 7) is 0.581. The maximum atomic E-state index is 5.55. The molecule has 15 heavy (non-hydrogen) atoms. The number of halogens is 1. The Balaban J connectivity index is 1.99. The molecule has 4 nitrogen and oxygen atoms in total. The van der Waals surface area contributed by atoms with Crippen LogP contribution in [0.15, 0.2) is 28.2 Å². The molecule has 2 rings (SSSR count). The van der Waals surface area contributed by atoms with Gasteiger partial charge < -0.3 is 11.1 Å². The lowest BCUT2D eigenvalue weighted by atomic mass is 10.5. The van der Waals surface area contributed by atoms with E-state index in [9.17, 15) is 0 Å². The minimum atomic E-state index is 0.495. The lowest BCUT2D eigenvalue weighted by Crippen LogP contribution is -2.04. The Labute approximate surface area is 99.7 Å². The lowest BCUT2D eigenvalue weighted by molar-refractivity contribution is 0.957. The Morgan fingerprint density at radius 3 is 2.93 bits per heavy atom. The molecule has 0 unspecified atom stereocenters. The summed E-state index contributed by atoms with van der Waals surface area (Å²) in [5.74, 6) is 1.19. The highest BCUT2D eigenvalue weighted by atomic mass is 79.9. The van der Waals surface area contributed by atoms with Gasteiger partial charge in [-0.15, -0.1) is 11.3 Å². The second kappa shape index (κ2) is 4.59. The van der Waals surface area contributed by atoms with E-state index in [2.05, 4.69) is 31.2 Å². The summed E-state index contributed by atoms with van der Waals surface area (Å²) in [5, 5.41) is 4.29. The maximum absolute atomic E-state index is 5.55. The minimum absolute atomic E-state index is 0.495. The average Bonchev–Trinajstić information content (AvgIpc) is 2.62. The molecule has 0 aliphatic heterocycles. The van der Waals surface area contributed by atoms with Gasteiger partial charge in [0.15, 0.2) is 0 Å². The number of nitrogens with one attached hydrogen (secondary N) is 1. The van der Waals surface area contributed by atoms with E-state index in [0.29, 0.717) is 18.2 Å². The predicted molar refractivity (Wildman–Crippen MR) is 65.8 cm³/mol. The number of nitrogens with two attached hydrogens (primary N) is 1. The van der Waals surface area contributed by atoms with Gasteiger partial charge in [0.1, 0.15) is 11.6 Å². The van der Waals surface area contributed by atoms with Crippen LogP contribution < -0.4 is 11.1 Å². The molecule has 0 amide bonds. The fourth-order valence-electron chi connectivity index (χ4n) is 1.08. The highest BCUT2D eigenvalue weighted by molar-refractivity contribution is 9.11. The van der Waals surface area contributed by atoms with Gasteiger partial charge in [-0.1, -0.05) is 0 Å². The first-order valence-corrected chi connectivity index (χ1v) is 5.91. The number of thiophene rings is 1. The van der Waals surface area contributed by atoms with Crippen molar-refractivity contribution in [3.05, 3.63) is 34.0 Å². The normalized spacial score (nSPS) is 10.2. The number of nitrogen functional groups attached to an aromatic ring is 1. The molecule has 0 fully saturated rings. The second-order valence-corrected chi connectivity index (χ2v) is 5.32. The Morgan fingerprint density at radius 2 is 2.27 bits per heavy atom. The number of nitrogens with zero attached hydrogens (tertiary/aromatic N) is 2. The van der Waals surface area contributed by atoms with Crippen molar-refractivity contribution in [1.29, 1.82) is 0 Å². The van der Waals surface area contributed by atoms with Gasteiger partial charge in [0.25, 0.3) is 0 Å². The number of aromatic nitrogens is 2. The highest BCUT2D eigenvalue weighted by Gasteiger charge is 1.99. The van der Waals surface area contributed by atoms with Crippen LogP contribution in [0.1, 0.15) is 5.82 Å². The average molecular weight is 285 g/mol. The summed E-state index contributed by atoms with van der Waals surface area (Å²) in [4.78, 5) is 8.19. The molecule has 6 heteroatoms. The zero-order chi connectivity index (χ0) is 10.7. The third-order valence-electron chi connectivity index (χ3n) is 1.72. The van der Waals surface area contributed by atoms with Crippen molar-refractivity contribution in [2.24, 2.45) is 0 Å². The minimum Gasteiger partial charge on any atom is -0.384 e. The van der Waals surface area contributed by atoms with Gasteiger partial charge in [0.2, 0.25) is 0 Å². The Bertz CT molecular complexity index is 457. The fourth-order valence-corrected chi connectivity index (χ4v) is 2.36. The molecule has 0 saturated heterocycles. The molecule has 2 aromatic heterocycles. The number of anilines is 2. The molecule has 0 saturated carbocycles. The van der Waals surface area contributed by atoms with Crippen molar-refractivity contribution in [2.45, 2.75) is 6.54 Å². The molecule has 0 radical (unpaired) electrons.